The Hall–Kier alpha value is -4.24. The number of hydrogen-bond donors (Lipinski definition) is 1. The van der Waals surface area contributed by atoms with E-state index < -0.39 is 0 Å². The molecule has 2 aromatic carbocycles. The van der Waals surface area contributed by atoms with Crippen LogP contribution in [0.3, 0.4) is 0 Å². The highest BCUT2D eigenvalue weighted by Gasteiger charge is 2.30. The van der Waals surface area contributed by atoms with Crippen LogP contribution in [0.5, 0.6) is 11.5 Å². The van der Waals surface area contributed by atoms with E-state index in [1.165, 1.54) is 12.4 Å². The van der Waals surface area contributed by atoms with Gasteiger partial charge in [-0.1, -0.05) is 24.8 Å². The van der Waals surface area contributed by atoms with Crippen molar-refractivity contribution in [1.29, 1.82) is 0 Å². The zero-order valence-corrected chi connectivity index (χ0v) is 20.2. The van der Waals surface area contributed by atoms with Crippen molar-refractivity contribution in [2.75, 3.05) is 25.4 Å². The standard InChI is InChI=1S/C27H29N7O2/c1-3-23(35)33(4-2)32-16-8-9-20(17-32)34-27-24(26(28)29-18-30-27)25(31-34)19-12-14-22(15-13-19)36-21-10-6-5-7-11-21/h3,5-7,10-15,18,20H,1,4,8-9,16-17H2,2H3,(H2,28,29,30)/t20-/m1/s1. The van der Waals surface area contributed by atoms with Crippen LogP contribution >= 0.6 is 0 Å². The van der Waals surface area contributed by atoms with E-state index in [2.05, 4.69) is 21.6 Å². The lowest BCUT2D eigenvalue weighted by atomic mass is 10.1. The van der Waals surface area contributed by atoms with Gasteiger partial charge in [-0.3, -0.25) is 9.80 Å². The summed E-state index contributed by atoms with van der Waals surface area (Å²) in [6.45, 7) is 7.62. The van der Waals surface area contributed by atoms with Crippen molar-refractivity contribution in [3.05, 3.63) is 73.6 Å². The number of fused-ring (bicyclic) bond motifs is 1. The zero-order chi connectivity index (χ0) is 25.1. The lowest BCUT2D eigenvalue weighted by molar-refractivity contribution is -0.146. The van der Waals surface area contributed by atoms with Crippen LogP contribution < -0.4 is 10.5 Å². The van der Waals surface area contributed by atoms with E-state index in [-0.39, 0.29) is 11.9 Å². The number of hydrogen-bond acceptors (Lipinski definition) is 7. The summed E-state index contributed by atoms with van der Waals surface area (Å²) < 4.78 is 7.87. The molecule has 9 heteroatoms. The predicted octanol–water partition coefficient (Wildman–Crippen LogP) is 4.45. The van der Waals surface area contributed by atoms with Crippen LogP contribution in [0.25, 0.3) is 22.3 Å². The summed E-state index contributed by atoms with van der Waals surface area (Å²) in [4.78, 5) is 21.1. The van der Waals surface area contributed by atoms with E-state index in [9.17, 15) is 4.79 Å². The molecule has 1 fully saturated rings. The molecule has 1 atom stereocenters. The average molecular weight is 484 g/mol. The summed E-state index contributed by atoms with van der Waals surface area (Å²) in [5.74, 6) is 1.78. The normalized spacial score (nSPS) is 16.1. The van der Waals surface area contributed by atoms with Gasteiger partial charge in [0.2, 0.25) is 0 Å². The Morgan fingerprint density at radius 2 is 1.92 bits per heavy atom. The van der Waals surface area contributed by atoms with Crippen LogP contribution in [0, 0.1) is 0 Å². The first-order chi connectivity index (χ1) is 17.6. The molecule has 36 heavy (non-hydrogen) atoms. The van der Waals surface area contributed by atoms with E-state index in [4.69, 9.17) is 15.6 Å². The predicted molar refractivity (Wildman–Crippen MR) is 139 cm³/mol. The van der Waals surface area contributed by atoms with Crippen molar-refractivity contribution < 1.29 is 9.53 Å². The van der Waals surface area contributed by atoms with Gasteiger partial charge < -0.3 is 10.5 Å². The molecule has 1 saturated heterocycles. The number of nitrogens with two attached hydrogens (primary N) is 1. The monoisotopic (exact) mass is 483 g/mol. The second kappa shape index (κ2) is 10.2. The second-order valence-electron chi connectivity index (χ2n) is 8.66. The highest BCUT2D eigenvalue weighted by atomic mass is 16.5. The summed E-state index contributed by atoms with van der Waals surface area (Å²) in [6.07, 6.45) is 4.67. The minimum atomic E-state index is -0.103. The molecule has 0 radical (unpaired) electrons. The molecule has 2 aromatic heterocycles. The topological polar surface area (TPSA) is 102 Å². The Morgan fingerprint density at radius 3 is 2.64 bits per heavy atom. The zero-order valence-electron chi connectivity index (χ0n) is 20.2. The molecule has 184 valence electrons. The molecule has 2 N–H and O–H groups in total. The van der Waals surface area contributed by atoms with Crippen molar-refractivity contribution in [2.24, 2.45) is 0 Å². The molecular weight excluding hydrogens is 454 g/mol. The van der Waals surface area contributed by atoms with E-state index in [0.717, 1.165) is 47.5 Å². The highest BCUT2D eigenvalue weighted by Crippen LogP contribution is 2.35. The third-order valence-corrected chi connectivity index (χ3v) is 6.42. The third kappa shape index (κ3) is 4.52. The van der Waals surface area contributed by atoms with E-state index in [0.29, 0.717) is 24.6 Å². The number of amides is 1. The van der Waals surface area contributed by atoms with Crippen molar-refractivity contribution in [3.63, 3.8) is 0 Å². The number of aromatic nitrogens is 4. The lowest BCUT2D eigenvalue weighted by Gasteiger charge is -2.39. The van der Waals surface area contributed by atoms with Crippen molar-refractivity contribution >= 4 is 22.8 Å². The van der Waals surface area contributed by atoms with Crippen molar-refractivity contribution in [2.45, 2.75) is 25.8 Å². The summed E-state index contributed by atoms with van der Waals surface area (Å²) >= 11 is 0. The average Bonchev–Trinajstić information content (AvgIpc) is 3.31. The Kier molecular flexibility index (Phi) is 6.64. The summed E-state index contributed by atoms with van der Waals surface area (Å²) in [5, 5.41) is 9.52. The number of carbonyl (C=O) groups excluding carboxylic acids is 1. The number of likely N-dealkylation sites (N-methyl/N-ethyl adjacent to an activating group) is 1. The highest BCUT2D eigenvalue weighted by molar-refractivity contribution is 5.98. The molecule has 4 aromatic rings. The maximum absolute atomic E-state index is 12.4. The van der Waals surface area contributed by atoms with Crippen LogP contribution in [0.1, 0.15) is 25.8 Å². The van der Waals surface area contributed by atoms with Gasteiger partial charge >= 0.3 is 0 Å². The van der Waals surface area contributed by atoms with Gasteiger partial charge in [0.25, 0.3) is 5.91 Å². The fraction of sp³-hybridized carbons (Fsp3) is 0.259. The molecule has 0 unspecified atom stereocenters. The first-order valence-corrected chi connectivity index (χ1v) is 12.1. The number of anilines is 1. The lowest BCUT2D eigenvalue weighted by Crippen LogP contribution is -2.50. The number of benzene rings is 2. The smallest absolute Gasteiger partial charge is 0.260 e. The summed E-state index contributed by atoms with van der Waals surface area (Å²) in [5.41, 5.74) is 8.62. The van der Waals surface area contributed by atoms with Gasteiger partial charge in [0.1, 0.15) is 29.3 Å². The number of carbonyl (C=O) groups is 1. The Bertz CT molecular complexity index is 1370. The molecular formula is C27H29N7O2. The number of nitrogen functional groups attached to an aromatic ring is 1. The molecule has 3 heterocycles. The van der Waals surface area contributed by atoms with E-state index in [1.807, 2.05) is 66.2 Å². The molecule has 1 aliphatic rings. The quantitative estimate of drug-likeness (QED) is 0.387. The molecule has 9 nitrogen and oxygen atoms in total. The second-order valence-corrected chi connectivity index (χ2v) is 8.66. The molecule has 1 amide bonds. The first kappa shape index (κ1) is 23.5. The maximum Gasteiger partial charge on any atom is 0.260 e. The first-order valence-electron chi connectivity index (χ1n) is 12.1. The number of piperidine rings is 1. The van der Waals surface area contributed by atoms with Crippen LogP contribution in [-0.4, -0.2) is 55.3 Å². The number of hydrazine groups is 1. The van der Waals surface area contributed by atoms with Crippen molar-refractivity contribution in [1.82, 2.24) is 29.8 Å². The summed E-state index contributed by atoms with van der Waals surface area (Å²) in [7, 11) is 0. The van der Waals surface area contributed by atoms with E-state index >= 15 is 0 Å². The van der Waals surface area contributed by atoms with Gasteiger partial charge in [0.15, 0.2) is 5.65 Å². The van der Waals surface area contributed by atoms with E-state index in [1.54, 1.807) is 5.01 Å². The third-order valence-electron chi connectivity index (χ3n) is 6.42. The fourth-order valence-electron chi connectivity index (χ4n) is 4.71. The summed E-state index contributed by atoms with van der Waals surface area (Å²) in [6, 6.07) is 17.4. The van der Waals surface area contributed by atoms with Gasteiger partial charge in [-0.15, -0.1) is 0 Å². The number of ether oxygens (including phenoxy) is 1. The Labute approximate surface area is 209 Å². The SMILES string of the molecule is C=CC(=O)N(CC)N1CCC[C@@H](n2nc(-c3ccc(Oc4ccccc4)cc3)c3c(N)ncnc32)C1. The van der Waals surface area contributed by atoms with Crippen LogP contribution in [0.15, 0.2) is 73.6 Å². The van der Waals surface area contributed by atoms with Gasteiger partial charge in [-0.25, -0.2) is 19.7 Å². The number of nitrogens with zero attached hydrogens (tertiary/aromatic N) is 6. The van der Waals surface area contributed by atoms with Crippen LogP contribution in [0.4, 0.5) is 5.82 Å². The molecule has 1 aliphatic heterocycles. The molecule has 0 aliphatic carbocycles. The minimum absolute atomic E-state index is 0.0247. The molecule has 5 rings (SSSR count). The van der Waals surface area contributed by atoms with Gasteiger partial charge in [0.05, 0.1) is 11.4 Å². The van der Waals surface area contributed by atoms with Gasteiger partial charge in [-0.2, -0.15) is 5.10 Å². The molecule has 0 spiro atoms. The Balaban J connectivity index is 1.47. The van der Waals surface area contributed by atoms with Crippen LogP contribution in [-0.2, 0) is 4.79 Å². The largest absolute Gasteiger partial charge is 0.457 e. The van der Waals surface area contributed by atoms with Gasteiger partial charge in [0, 0.05) is 25.2 Å². The Morgan fingerprint density at radius 1 is 1.17 bits per heavy atom. The number of rotatable bonds is 7. The molecule has 0 saturated carbocycles. The maximum atomic E-state index is 12.4. The van der Waals surface area contributed by atoms with Crippen LogP contribution in [0.2, 0.25) is 0 Å². The minimum Gasteiger partial charge on any atom is -0.457 e. The van der Waals surface area contributed by atoms with Crippen molar-refractivity contribution in [3.8, 4) is 22.8 Å². The fourth-order valence-corrected chi connectivity index (χ4v) is 4.71. The molecule has 0 bridgehead atoms. The number of para-hydroxylation sites is 1. The van der Waals surface area contributed by atoms with Gasteiger partial charge in [-0.05, 0) is 62.2 Å².